The molecule has 9 nitrogen and oxygen atoms in total. The summed E-state index contributed by atoms with van der Waals surface area (Å²) in [5, 5.41) is 15.3. The van der Waals surface area contributed by atoms with E-state index in [0.717, 1.165) is 0 Å². The minimum atomic E-state index is -0.814. The van der Waals surface area contributed by atoms with Crippen molar-refractivity contribution in [1.82, 2.24) is 5.32 Å². The molecule has 152 valence electrons. The molecule has 2 aromatic carbocycles. The Labute approximate surface area is 166 Å². The van der Waals surface area contributed by atoms with Gasteiger partial charge in [-0.25, -0.2) is 0 Å². The van der Waals surface area contributed by atoms with Gasteiger partial charge in [0.25, 0.3) is 0 Å². The second-order valence-corrected chi connectivity index (χ2v) is 6.49. The zero-order chi connectivity index (χ0) is 20.2. The highest BCUT2D eigenvalue weighted by atomic mass is 16.7. The van der Waals surface area contributed by atoms with Crippen molar-refractivity contribution in [2.24, 2.45) is 0 Å². The highest BCUT2D eigenvalue weighted by molar-refractivity contribution is 6.39. The van der Waals surface area contributed by atoms with Crippen LogP contribution in [0.4, 0.5) is 5.69 Å². The van der Waals surface area contributed by atoms with Crippen LogP contribution in [-0.2, 0) is 9.59 Å². The zero-order valence-electron chi connectivity index (χ0n) is 15.5. The molecule has 3 N–H and O–H groups in total. The van der Waals surface area contributed by atoms with E-state index in [0.29, 0.717) is 47.5 Å². The topological polar surface area (TPSA) is 115 Å². The van der Waals surface area contributed by atoms with Crippen molar-refractivity contribution in [2.75, 3.05) is 31.9 Å². The molecule has 0 radical (unpaired) electrons. The molecule has 2 amide bonds. The number of aliphatic hydroxyl groups excluding tert-OH is 1. The number of benzene rings is 2. The lowest BCUT2D eigenvalue weighted by Gasteiger charge is -2.19. The Bertz CT molecular complexity index is 931. The van der Waals surface area contributed by atoms with Gasteiger partial charge in [0, 0.05) is 18.3 Å². The van der Waals surface area contributed by atoms with Crippen LogP contribution in [-0.4, -0.2) is 43.5 Å². The molecule has 0 unspecified atom stereocenters. The Morgan fingerprint density at radius 2 is 1.59 bits per heavy atom. The van der Waals surface area contributed by atoms with Gasteiger partial charge in [0.05, 0.1) is 6.10 Å². The van der Waals surface area contributed by atoms with Crippen LogP contribution in [0, 0.1) is 0 Å². The lowest BCUT2D eigenvalue weighted by Crippen LogP contribution is -2.36. The van der Waals surface area contributed by atoms with Crippen LogP contribution in [0.5, 0.6) is 23.0 Å². The summed E-state index contributed by atoms with van der Waals surface area (Å²) < 4.78 is 21.4. The number of fused-ring (bicyclic) bond motifs is 2. The molecule has 0 bridgehead atoms. The molecule has 2 aromatic rings. The number of hydrogen-bond acceptors (Lipinski definition) is 7. The van der Waals surface area contributed by atoms with Crippen molar-refractivity contribution in [2.45, 2.75) is 12.5 Å². The van der Waals surface area contributed by atoms with Gasteiger partial charge >= 0.3 is 11.8 Å². The number of carbonyl (C=O) groups is 2. The Morgan fingerprint density at radius 3 is 2.45 bits per heavy atom. The van der Waals surface area contributed by atoms with Crippen LogP contribution in [0.25, 0.3) is 0 Å². The van der Waals surface area contributed by atoms with E-state index in [4.69, 9.17) is 18.9 Å². The lowest BCUT2D eigenvalue weighted by atomic mass is 10.1. The average molecular weight is 400 g/mol. The van der Waals surface area contributed by atoms with E-state index in [-0.39, 0.29) is 19.8 Å². The van der Waals surface area contributed by atoms with E-state index in [2.05, 4.69) is 10.6 Å². The molecule has 0 spiro atoms. The van der Waals surface area contributed by atoms with Crippen molar-refractivity contribution in [3.8, 4) is 23.0 Å². The molecule has 1 atom stereocenters. The van der Waals surface area contributed by atoms with Crippen LogP contribution in [0.15, 0.2) is 36.4 Å². The predicted octanol–water partition coefficient (Wildman–Crippen LogP) is 1.36. The molecule has 2 aliphatic rings. The lowest BCUT2D eigenvalue weighted by molar-refractivity contribution is -0.136. The van der Waals surface area contributed by atoms with Gasteiger partial charge in [-0.05, 0) is 36.2 Å². The minimum absolute atomic E-state index is 0.128. The summed E-state index contributed by atoms with van der Waals surface area (Å²) in [6.07, 6.45) is -0.575. The summed E-state index contributed by atoms with van der Waals surface area (Å²) in [6, 6.07) is 10.0. The highest BCUT2D eigenvalue weighted by Crippen LogP contribution is 2.35. The number of ether oxygens (including phenoxy) is 4. The van der Waals surface area contributed by atoms with Gasteiger partial charge in [-0.3, -0.25) is 9.59 Å². The zero-order valence-corrected chi connectivity index (χ0v) is 15.5. The molecule has 0 saturated heterocycles. The average Bonchev–Trinajstić information content (AvgIpc) is 3.21. The monoisotopic (exact) mass is 400 g/mol. The van der Waals surface area contributed by atoms with Crippen molar-refractivity contribution < 1.29 is 33.6 Å². The predicted molar refractivity (Wildman–Crippen MR) is 101 cm³/mol. The standard InChI is InChI=1S/C20H20N2O7/c23-14(12-1-3-16-17(9-12)29-11-28-16)5-6-21-19(24)20(25)22-13-2-4-15-18(10-13)27-8-7-26-15/h1-4,9-10,14,23H,5-8,11H2,(H,21,24)(H,22,25)/t14-/m1/s1. The molecule has 2 heterocycles. The first-order valence-electron chi connectivity index (χ1n) is 9.16. The molecule has 2 aliphatic heterocycles. The minimum Gasteiger partial charge on any atom is -0.486 e. The first kappa shape index (κ1) is 18.9. The maximum atomic E-state index is 12.1. The van der Waals surface area contributed by atoms with Gasteiger partial charge < -0.3 is 34.7 Å². The Morgan fingerprint density at radius 1 is 0.897 bits per heavy atom. The van der Waals surface area contributed by atoms with Gasteiger partial charge in [0.2, 0.25) is 6.79 Å². The fourth-order valence-corrected chi connectivity index (χ4v) is 3.00. The van der Waals surface area contributed by atoms with E-state index >= 15 is 0 Å². The second kappa shape index (κ2) is 8.27. The Kier molecular flexibility index (Phi) is 5.39. The number of nitrogens with one attached hydrogen (secondary N) is 2. The summed E-state index contributed by atoms with van der Waals surface area (Å²) >= 11 is 0. The fraction of sp³-hybridized carbons (Fsp3) is 0.300. The maximum Gasteiger partial charge on any atom is 0.313 e. The molecule has 29 heavy (non-hydrogen) atoms. The summed E-state index contributed by atoms with van der Waals surface area (Å²) in [4.78, 5) is 24.1. The van der Waals surface area contributed by atoms with Gasteiger partial charge in [0.15, 0.2) is 23.0 Å². The number of anilines is 1. The highest BCUT2D eigenvalue weighted by Gasteiger charge is 2.19. The first-order valence-corrected chi connectivity index (χ1v) is 9.16. The van der Waals surface area contributed by atoms with Crippen LogP contribution in [0.1, 0.15) is 18.1 Å². The molecule has 0 aromatic heterocycles. The molecule has 4 rings (SSSR count). The normalized spacial score (nSPS) is 14.8. The van der Waals surface area contributed by atoms with E-state index in [9.17, 15) is 14.7 Å². The molecule has 0 fully saturated rings. The summed E-state index contributed by atoms with van der Waals surface area (Å²) in [5.74, 6) is 0.712. The maximum absolute atomic E-state index is 12.1. The Hall–Kier alpha value is -3.46. The third-order valence-electron chi connectivity index (χ3n) is 4.49. The number of carbonyl (C=O) groups excluding carboxylic acids is 2. The largest absolute Gasteiger partial charge is 0.486 e. The summed E-state index contributed by atoms with van der Waals surface area (Å²) in [7, 11) is 0. The van der Waals surface area contributed by atoms with Crippen molar-refractivity contribution in [1.29, 1.82) is 0 Å². The third-order valence-corrected chi connectivity index (χ3v) is 4.49. The van der Waals surface area contributed by atoms with Crippen molar-refractivity contribution in [3.05, 3.63) is 42.0 Å². The smallest absolute Gasteiger partial charge is 0.313 e. The second-order valence-electron chi connectivity index (χ2n) is 6.49. The molecular weight excluding hydrogens is 380 g/mol. The molecule has 0 saturated carbocycles. The first-order chi connectivity index (χ1) is 14.1. The van der Waals surface area contributed by atoms with E-state index in [1.165, 1.54) is 0 Å². The fourth-order valence-electron chi connectivity index (χ4n) is 3.00. The van der Waals surface area contributed by atoms with Crippen LogP contribution >= 0.6 is 0 Å². The summed E-state index contributed by atoms with van der Waals surface area (Å²) in [6.45, 7) is 1.18. The number of rotatable bonds is 5. The van der Waals surface area contributed by atoms with Gasteiger partial charge in [-0.2, -0.15) is 0 Å². The number of amides is 2. The number of aliphatic hydroxyl groups is 1. The molecule has 9 heteroatoms. The third kappa shape index (κ3) is 4.35. The van der Waals surface area contributed by atoms with Gasteiger partial charge in [0.1, 0.15) is 13.2 Å². The van der Waals surface area contributed by atoms with Crippen LogP contribution < -0.4 is 29.6 Å². The molecular formula is C20H20N2O7. The van der Waals surface area contributed by atoms with E-state index < -0.39 is 17.9 Å². The Balaban J connectivity index is 1.25. The van der Waals surface area contributed by atoms with Crippen LogP contribution in [0.3, 0.4) is 0 Å². The van der Waals surface area contributed by atoms with E-state index in [1.807, 2.05) is 0 Å². The van der Waals surface area contributed by atoms with Crippen molar-refractivity contribution in [3.63, 3.8) is 0 Å². The van der Waals surface area contributed by atoms with Gasteiger partial charge in [-0.1, -0.05) is 6.07 Å². The summed E-state index contributed by atoms with van der Waals surface area (Å²) in [5.41, 5.74) is 1.07. The van der Waals surface area contributed by atoms with Gasteiger partial charge in [-0.15, -0.1) is 0 Å². The van der Waals surface area contributed by atoms with Crippen LogP contribution in [0.2, 0.25) is 0 Å². The molecule has 0 aliphatic carbocycles. The number of hydrogen-bond donors (Lipinski definition) is 3. The SMILES string of the molecule is O=C(NCC[C@@H](O)c1ccc2c(c1)OCO2)C(=O)Nc1ccc2c(c1)OCCO2. The van der Waals surface area contributed by atoms with Crippen molar-refractivity contribution >= 4 is 17.5 Å². The quantitative estimate of drug-likeness (QED) is 0.649. The van der Waals surface area contributed by atoms with E-state index in [1.54, 1.807) is 36.4 Å².